The summed E-state index contributed by atoms with van der Waals surface area (Å²) in [6.07, 6.45) is 3.60. The van der Waals surface area contributed by atoms with E-state index in [-0.39, 0.29) is 0 Å². The summed E-state index contributed by atoms with van der Waals surface area (Å²) in [5.41, 5.74) is 2.90. The molecular formula is C14H21Br. The summed E-state index contributed by atoms with van der Waals surface area (Å²) in [7, 11) is 0. The number of rotatable bonds is 5. The van der Waals surface area contributed by atoms with Gasteiger partial charge in [-0.05, 0) is 29.9 Å². The minimum absolute atomic E-state index is 0.592. The molecule has 0 bridgehead atoms. The first kappa shape index (κ1) is 12.8. The lowest BCUT2D eigenvalue weighted by atomic mass is 9.95. The first-order valence-corrected chi connectivity index (χ1v) is 6.83. The quantitative estimate of drug-likeness (QED) is 0.666. The van der Waals surface area contributed by atoms with Crippen molar-refractivity contribution < 1.29 is 0 Å². The van der Waals surface area contributed by atoms with Crippen molar-refractivity contribution in [3.8, 4) is 0 Å². The topological polar surface area (TPSA) is 0 Å². The third kappa shape index (κ3) is 3.64. The van der Waals surface area contributed by atoms with Crippen LogP contribution in [0.3, 0.4) is 0 Å². The Labute approximate surface area is 102 Å². The molecule has 0 aliphatic rings. The molecule has 1 heteroatoms. The second-order valence-electron chi connectivity index (χ2n) is 4.20. The highest BCUT2D eigenvalue weighted by atomic mass is 79.9. The summed E-state index contributed by atoms with van der Waals surface area (Å²) in [5, 5.41) is 0. The first-order chi connectivity index (χ1) is 7.19. The Morgan fingerprint density at radius 2 is 1.73 bits per heavy atom. The van der Waals surface area contributed by atoms with Crippen molar-refractivity contribution in [2.45, 2.75) is 50.8 Å². The van der Waals surface area contributed by atoms with E-state index in [1.165, 1.54) is 30.4 Å². The lowest BCUT2D eigenvalue weighted by Crippen LogP contribution is -2.07. The predicted octanol–water partition coefficient (Wildman–Crippen LogP) is 4.92. The van der Waals surface area contributed by atoms with Crippen LogP contribution in [-0.2, 0) is 6.42 Å². The van der Waals surface area contributed by atoms with Crippen LogP contribution in [0.25, 0.3) is 0 Å². The van der Waals surface area contributed by atoms with Crippen molar-refractivity contribution in [2.24, 2.45) is 0 Å². The second kappa shape index (κ2) is 6.32. The molecule has 0 fully saturated rings. The van der Waals surface area contributed by atoms with Gasteiger partial charge in [-0.25, -0.2) is 0 Å². The van der Waals surface area contributed by atoms with Crippen LogP contribution in [0.1, 0.15) is 50.7 Å². The van der Waals surface area contributed by atoms with Crippen molar-refractivity contribution in [2.75, 3.05) is 0 Å². The maximum absolute atomic E-state index is 3.73. The summed E-state index contributed by atoms with van der Waals surface area (Å²) in [4.78, 5) is 0.592. The zero-order valence-corrected chi connectivity index (χ0v) is 11.5. The van der Waals surface area contributed by atoms with Gasteiger partial charge >= 0.3 is 0 Å². The van der Waals surface area contributed by atoms with E-state index in [4.69, 9.17) is 0 Å². The minimum atomic E-state index is 0.592. The fraction of sp³-hybridized carbons (Fsp3) is 0.571. The molecule has 0 radical (unpaired) electrons. The largest absolute Gasteiger partial charge is 0.0884 e. The van der Waals surface area contributed by atoms with E-state index >= 15 is 0 Å². The Morgan fingerprint density at radius 3 is 2.20 bits per heavy atom. The molecule has 0 amide bonds. The average molecular weight is 269 g/mol. The van der Waals surface area contributed by atoms with Crippen molar-refractivity contribution in [3.05, 3.63) is 35.4 Å². The molecule has 1 rings (SSSR count). The van der Waals surface area contributed by atoms with Crippen LogP contribution in [0.15, 0.2) is 24.3 Å². The van der Waals surface area contributed by atoms with E-state index in [2.05, 4.69) is 61.0 Å². The zero-order valence-electron chi connectivity index (χ0n) is 9.96. The van der Waals surface area contributed by atoms with Gasteiger partial charge in [-0.15, -0.1) is 0 Å². The molecule has 84 valence electrons. The molecule has 15 heavy (non-hydrogen) atoms. The van der Waals surface area contributed by atoms with Gasteiger partial charge in [-0.1, -0.05) is 67.4 Å². The Hall–Kier alpha value is -0.300. The highest BCUT2D eigenvalue weighted by Crippen LogP contribution is 2.26. The molecule has 2 atom stereocenters. The Kier molecular flexibility index (Phi) is 5.38. The fourth-order valence-electron chi connectivity index (χ4n) is 1.84. The van der Waals surface area contributed by atoms with Gasteiger partial charge in [0.15, 0.2) is 0 Å². The molecule has 0 spiro atoms. The van der Waals surface area contributed by atoms with Crippen LogP contribution in [0.5, 0.6) is 0 Å². The molecule has 1 aromatic rings. The fourth-order valence-corrected chi connectivity index (χ4v) is 2.14. The average Bonchev–Trinajstić information content (AvgIpc) is 2.28. The van der Waals surface area contributed by atoms with Gasteiger partial charge in [0.1, 0.15) is 0 Å². The summed E-state index contributed by atoms with van der Waals surface area (Å²) in [5.74, 6) is 0.602. The van der Waals surface area contributed by atoms with E-state index in [1.807, 2.05) is 0 Å². The predicted molar refractivity (Wildman–Crippen MR) is 71.9 cm³/mol. The number of alkyl halides is 1. The standard InChI is InChI=1S/C14H21Br/c1-4-6-12-7-9-13(10-8-12)11(3)14(15)5-2/h7-11,14H,4-6H2,1-3H3. The van der Waals surface area contributed by atoms with Crippen molar-refractivity contribution >= 4 is 15.9 Å². The third-order valence-corrected chi connectivity index (χ3v) is 4.42. The monoisotopic (exact) mass is 268 g/mol. The number of hydrogen-bond donors (Lipinski definition) is 0. The summed E-state index contributed by atoms with van der Waals surface area (Å²) >= 11 is 3.73. The van der Waals surface area contributed by atoms with E-state index in [1.54, 1.807) is 0 Å². The van der Waals surface area contributed by atoms with E-state index in [0.717, 1.165) is 0 Å². The Bertz CT molecular complexity index is 276. The maximum atomic E-state index is 3.73. The molecule has 1 aromatic carbocycles. The molecule has 0 saturated carbocycles. The SMILES string of the molecule is CCCc1ccc(C(C)C(Br)CC)cc1. The van der Waals surface area contributed by atoms with Gasteiger partial charge in [-0.2, -0.15) is 0 Å². The third-order valence-electron chi connectivity index (χ3n) is 2.98. The van der Waals surface area contributed by atoms with Gasteiger partial charge in [0, 0.05) is 4.83 Å². The number of aryl methyl sites for hydroxylation is 1. The molecule has 0 nitrogen and oxygen atoms in total. The van der Waals surface area contributed by atoms with Crippen molar-refractivity contribution in [1.29, 1.82) is 0 Å². The van der Waals surface area contributed by atoms with Gasteiger partial charge in [-0.3, -0.25) is 0 Å². The molecule has 0 heterocycles. The lowest BCUT2D eigenvalue weighted by Gasteiger charge is -2.17. The van der Waals surface area contributed by atoms with E-state index in [9.17, 15) is 0 Å². The molecule has 0 aliphatic heterocycles. The summed E-state index contributed by atoms with van der Waals surface area (Å²) in [6, 6.07) is 9.09. The number of hydrogen-bond acceptors (Lipinski definition) is 0. The molecule has 2 unspecified atom stereocenters. The van der Waals surface area contributed by atoms with Crippen LogP contribution < -0.4 is 0 Å². The molecule has 0 aliphatic carbocycles. The zero-order chi connectivity index (χ0) is 11.3. The maximum Gasteiger partial charge on any atom is 0.0209 e. The molecule has 0 saturated heterocycles. The van der Waals surface area contributed by atoms with Crippen molar-refractivity contribution in [1.82, 2.24) is 0 Å². The van der Waals surface area contributed by atoms with E-state index in [0.29, 0.717) is 10.7 Å². The van der Waals surface area contributed by atoms with Crippen LogP contribution in [0.4, 0.5) is 0 Å². The van der Waals surface area contributed by atoms with Crippen LogP contribution >= 0.6 is 15.9 Å². The highest BCUT2D eigenvalue weighted by Gasteiger charge is 2.13. The van der Waals surface area contributed by atoms with E-state index < -0.39 is 0 Å². The lowest BCUT2D eigenvalue weighted by molar-refractivity contribution is 0.693. The van der Waals surface area contributed by atoms with Crippen LogP contribution in [0.2, 0.25) is 0 Å². The van der Waals surface area contributed by atoms with Crippen molar-refractivity contribution in [3.63, 3.8) is 0 Å². The second-order valence-corrected chi connectivity index (χ2v) is 5.38. The van der Waals surface area contributed by atoms with Crippen LogP contribution in [0, 0.1) is 0 Å². The summed E-state index contributed by atoms with van der Waals surface area (Å²) in [6.45, 7) is 6.74. The molecule has 0 aromatic heterocycles. The smallest absolute Gasteiger partial charge is 0.0209 e. The first-order valence-electron chi connectivity index (χ1n) is 5.91. The molecule has 0 N–H and O–H groups in total. The molecular weight excluding hydrogens is 248 g/mol. The summed E-state index contributed by atoms with van der Waals surface area (Å²) < 4.78 is 0. The normalized spacial score (nSPS) is 14.9. The minimum Gasteiger partial charge on any atom is -0.0884 e. The number of benzene rings is 1. The van der Waals surface area contributed by atoms with Gasteiger partial charge < -0.3 is 0 Å². The van der Waals surface area contributed by atoms with Gasteiger partial charge in [0.05, 0.1) is 0 Å². The van der Waals surface area contributed by atoms with Crippen LogP contribution in [-0.4, -0.2) is 4.83 Å². The Morgan fingerprint density at radius 1 is 1.13 bits per heavy atom. The number of halogens is 1. The van der Waals surface area contributed by atoms with Gasteiger partial charge in [0.2, 0.25) is 0 Å². The highest BCUT2D eigenvalue weighted by molar-refractivity contribution is 9.09. The Balaban J connectivity index is 2.70. The van der Waals surface area contributed by atoms with Gasteiger partial charge in [0.25, 0.3) is 0 Å².